The normalized spacial score (nSPS) is 10.9. The van der Waals surface area contributed by atoms with Gasteiger partial charge in [-0.3, -0.25) is 10.1 Å². The molecule has 31 heavy (non-hydrogen) atoms. The van der Waals surface area contributed by atoms with E-state index in [0.717, 1.165) is 3.57 Å². The van der Waals surface area contributed by atoms with Crippen LogP contribution in [0.15, 0.2) is 72.7 Å². The molecule has 1 amide bonds. The van der Waals surface area contributed by atoms with Gasteiger partial charge in [0, 0.05) is 24.3 Å². The smallest absolute Gasteiger partial charge is 0.257 e. The van der Waals surface area contributed by atoms with Crippen LogP contribution in [0.25, 0.3) is 0 Å². The van der Waals surface area contributed by atoms with Crippen molar-refractivity contribution in [1.82, 2.24) is 9.62 Å². The van der Waals surface area contributed by atoms with Crippen molar-refractivity contribution in [1.29, 1.82) is 0 Å². The molecule has 0 aliphatic rings. The largest absolute Gasteiger partial charge is 0.496 e. The number of nitrogens with zero attached hydrogens (tertiary/aromatic N) is 1. The van der Waals surface area contributed by atoms with E-state index in [1.165, 1.54) is 28.6 Å². The summed E-state index contributed by atoms with van der Waals surface area (Å²) in [7, 11) is -2.13. The summed E-state index contributed by atoms with van der Waals surface area (Å²) in [5.41, 5.74) is 0.966. The second kappa shape index (κ2) is 11.4. The van der Waals surface area contributed by atoms with Crippen LogP contribution in [0.1, 0.15) is 10.4 Å². The van der Waals surface area contributed by atoms with Crippen molar-refractivity contribution < 1.29 is 17.9 Å². The van der Waals surface area contributed by atoms with Gasteiger partial charge in [-0.05, 0) is 77.3 Å². The van der Waals surface area contributed by atoms with Crippen LogP contribution in [0.5, 0.6) is 5.75 Å². The van der Waals surface area contributed by atoms with Crippen molar-refractivity contribution in [3.63, 3.8) is 0 Å². The van der Waals surface area contributed by atoms with E-state index in [0.29, 0.717) is 17.0 Å². The second-order valence-corrected chi connectivity index (χ2v) is 9.69. The van der Waals surface area contributed by atoms with E-state index in [1.54, 1.807) is 37.4 Å². The van der Waals surface area contributed by atoms with E-state index in [9.17, 15) is 13.2 Å². The number of benzene rings is 2. The molecular weight excluding hydrogens is 549 g/mol. The fourth-order valence-corrected chi connectivity index (χ4v) is 4.89. The molecule has 164 valence electrons. The molecule has 10 heteroatoms. The van der Waals surface area contributed by atoms with Crippen LogP contribution in [0.3, 0.4) is 0 Å². The Kier molecular flexibility index (Phi) is 9.16. The lowest BCUT2D eigenvalue weighted by molar-refractivity contribution is 0.0977. The zero-order valence-electron chi connectivity index (χ0n) is 16.8. The highest BCUT2D eigenvalue weighted by atomic mass is 127. The average molecular weight is 571 g/mol. The molecule has 2 N–H and O–H groups in total. The van der Waals surface area contributed by atoms with E-state index < -0.39 is 10.0 Å². The zero-order chi connectivity index (χ0) is 23.0. The summed E-state index contributed by atoms with van der Waals surface area (Å²) >= 11 is 7.27. The number of methoxy groups -OCH3 is 1. The predicted molar refractivity (Wildman–Crippen MR) is 135 cm³/mol. The summed E-state index contributed by atoms with van der Waals surface area (Å²) in [6, 6.07) is 11.1. The number of anilines is 1. The third kappa shape index (κ3) is 6.60. The minimum absolute atomic E-state index is 0.0892. The number of sulfonamides is 1. The van der Waals surface area contributed by atoms with Crippen LogP contribution >= 0.6 is 34.8 Å². The number of carbonyl (C=O) groups excluding carboxylic acids is 1. The highest BCUT2D eigenvalue weighted by Gasteiger charge is 2.22. The first kappa shape index (κ1) is 25.0. The Morgan fingerprint density at radius 2 is 1.77 bits per heavy atom. The van der Waals surface area contributed by atoms with Gasteiger partial charge < -0.3 is 10.1 Å². The van der Waals surface area contributed by atoms with Crippen molar-refractivity contribution in [3.8, 4) is 5.75 Å². The van der Waals surface area contributed by atoms with Crippen LogP contribution in [0.4, 0.5) is 5.69 Å². The molecule has 0 bridgehead atoms. The number of carbonyl (C=O) groups is 1. The number of hydrogen-bond donors (Lipinski definition) is 2. The quantitative estimate of drug-likeness (QED) is 0.271. The van der Waals surface area contributed by atoms with E-state index in [4.69, 9.17) is 17.0 Å². The third-order valence-electron chi connectivity index (χ3n) is 4.06. The topological polar surface area (TPSA) is 87.7 Å². The highest BCUT2D eigenvalue weighted by Crippen LogP contribution is 2.22. The molecule has 0 atom stereocenters. The van der Waals surface area contributed by atoms with Gasteiger partial charge in [-0.2, -0.15) is 4.31 Å². The lowest BCUT2D eigenvalue weighted by Gasteiger charge is -2.19. The monoisotopic (exact) mass is 571 g/mol. The Hall–Kier alpha value is -2.28. The van der Waals surface area contributed by atoms with Gasteiger partial charge in [0.1, 0.15) is 5.75 Å². The van der Waals surface area contributed by atoms with Gasteiger partial charge >= 0.3 is 0 Å². The van der Waals surface area contributed by atoms with Crippen LogP contribution < -0.4 is 15.4 Å². The van der Waals surface area contributed by atoms with Crippen LogP contribution in [0.2, 0.25) is 0 Å². The molecule has 0 saturated carbocycles. The molecule has 0 fully saturated rings. The van der Waals surface area contributed by atoms with E-state index in [1.807, 2.05) is 0 Å². The predicted octanol–water partition coefficient (Wildman–Crippen LogP) is 3.79. The molecular formula is C21H22IN3O4S2. The van der Waals surface area contributed by atoms with Gasteiger partial charge in [0.15, 0.2) is 5.11 Å². The maximum absolute atomic E-state index is 12.7. The fraction of sp³-hybridized carbons (Fsp3) is 0.143. The number of thiocarbonyl (C=S) groups is 1. The van der Waals surface area contributed by atoms with Crippen molar-refractivity contribution in [2.24, 2.45) is 0 Å². The van der Waals surface area contributed by atoms with Gasteiger partial charge in [0.2, 0.25) is 10.0 Å². The maximum atomic E-state index is 12.7. The molecule has 0 spiro atoms. The SMILES string of the molecule is C=CCN(CC=C)S(=O)(=O)c1ccc(NC(=S)NC(=O)c2ccc(OC)c(I)c2)cc1. The van der Waals surface area contributed by atoms with Crippen LogP contribution in [0, 0.1) is 3.57 Å². The fourth-order valence-electron chi connectivity index (χ4n) is 2.56. The molecule has 2 rings (SSSR count). The van der Waals surface area contributed by atoms with Crippen LogP contribution in [-0.4, -0.2) is 43.9 Å². The number of amides is 1. The Balaban J connectivity index is 2.06. The first-order chi connectivity index (χ1) is 14.7. The summed E-state index contributed by atoms with van der Waals surface area (Å²) in [6.07, 6.45) is 3.03. The molecule has 0 aromatic heterocycles. The first-order valence-corrected chi connectivity index (χ1v) is 11.9. The van der Waals surface area contributed by atoms with Crippen molar-refractivity contribution >= 4 is 61.5 Å². The summed E-state index contributed by atoms with van der Waals surface area (Å²) in [4.78, 5) is 12.5. The number of hydrogen-bond acceptors (Lipinski definition) is 5. The van der Waals surface area contributed by atoms with Gasteiger partial charge in [0.05, 0.1) is 15.6 Å². The number of nitrogens with one attached hydrogen (secondary N) is 2. The molecule has 0 aliphatic heterocycles. The average Bonchev–Trinajstić information content (AvgIpc) is 2.73. The minimum Gasteiger partial charge on any atom is -0.496 e. The van der Waals surface area contributed by atoms with E-state index >= 15 is 0 Å². The minimum atomic E-state index is -3.69. The third-order valence-corrected chi connectivity index (χ3v) is 6.95. The molecule has 0 unspecified atom stereocenters. The lowest BCUT2D eigenvalue weighted by Crippen LogP contribution is -2.34. The molecule has 7 nitrogen and oxygen atoms in total. The van der Waals surface area contributed by atoms with Gasteiger partial charge in [-0.15, -0.1) is 13.2 Å². The molecule has 0 radical (unpaired) electrons. The highest BCUT2D eigenvalue weighted by molar-refractivity contribution is 14.1. The van der Waals surface area contributed by atoms with E-state index in [2.05, 4.69) is 46.4 Å². The Morgan fingerprint density at radius 1 is 1.16 bits per heavy atom. The Morgan fingerprint density at radius 3 is 2.29 bits per heavy atom. The number of halogens is 1. The zero-order valence-corrected chi connectivity index (χ0v) is 20.6. The summed E-state index contributed by atoms with van der Waals surface area (Å²) in [6.45, 7) is 7.53. The van der Waals surface area contributed by atoms with Gasteiger partial charge in [-0.1, -0.05) is 12.2 Å². The Labute approximate surface area is 201 Å². The van der Waals surface area contributed by atoms with Gasteiger partial charge in [-0.25, -0.2) is 8.42 Å². The standard InChI is InChI=1S/C21H22IN3O4S2/c1-4-12-25(13-5-2)31(27,28)17-9-7-16(8-10-17)23-21(30)24-20(26)15-6-11-19(29-3)18(22)14-15/h4-11,14H,1-2,12-13H2,3H3,(H2,23,24,26,30). The van der Waals surface area contributed by atoms with Crippen LogP contribution in [-0.2, 0) is 10.0 Å². The second-order valence-electron chi connectivity index (χ2n) is 6.18. The molecule has 0 saturated heterocycles. The van der Waals surface area contributed by atoms with Crippen molar-refractivity contribution in [3.05, 3.63) is 76.9 Å². The van der Waals surface area contributed by atoms with Gasteiger partial charge in [0.25, 0.3) is 5.91 Å². The number of rotatable bonds is 9. The maximum Gasteiger partial charge on any atom is 0.257 e. The summed E-state index contributed by atoms with van der Waals surface area (Å²) in [5, 5.41) is 5.55. The van der Waals surface area contributed by atoms with Crippen molar-refractivity contribution in [2.75, 3.05) is 25.5 Å². The van der Waals surface area contributed by atoms with Crippen molar-refractivity contribution in [2.45, 2.75) is 4.90 Å². The lowest BCUT2D eigenvalue weighted by atomic mass is 10.2. The molecule has 2 aromatic rings. The summed E-state index contributed by atoms with van der Waals surface area (Å²) in [5.74, 6) is 0.300. The molecule has 0 heterocycles. The number of ether oxygens (including phenoxy) is 1. The summed E-state index contributed by atoms with van der Waals surface area (Å²) < 4.78 is 32.7. The van der Waals surface area contributed by atoms with E-state index in [-0.39, 0.29) is 29.0 Å². The first-order valence-electron chi connectivity index (χ1n) is 9.00. The molecule has 0 aliphatic carbocycles. The molecule has 2 aromatic carbocycles. The Bertz CT molecular complexity index is 1080.